The van der Waals surface area contributed by atoms with Gasteiger partial charge in [-0.15, -0.1) is 0 Å². The average molecular weight is 291 g/mol. The number of benzene rings is 1. The lowest BCUT2D eigenvalue weighted by molar-refractivity contribution is 0.0526. The maximum atomic E-state index is 11.7. The first kappa shape index (κ1) is 15.6. The SMILES string of the molecule is CCOC(=O)c1ccc(N(C)C2CCCN(C)C2)c(N)c1. The number of nitrogens with zero attached hydrogens (tertiary/aromatic N) is 2. The fourth-order valence-electron chi connectivity index (χ4n) is 2.87. The van der Waals surface area contributed by atoms with Gasteiger partial charge in [-0.2, -0.15) is 0 Å². The minimum atomic E-state index is -0.323. The summed E-state index contributed by atoms with van der Waals surface area (Å²) in [7, 11) is 4.22. The van der Waals surface area contributed by atoms with Crippen molar-refractivity contribution in [3.63, 3.8) is 0 Å². The number of likely N-dealkylation sites (tertiary alicyclic amines) is 1. The molecule has 1 heterocycles. The van der Waals surface area contributed by atoms with Gasteiger partial charge in [-0.05, 0) is 51.6 Å². The molecule has 2 rings (SSSR count). The average Bonchev–Trinajstić information content (AvgIpc) is 2.46. The topological polar surface area (TPSA) is 58.8 Å². The second-order valence-electron chi connectivity index (χ2n) is 5.66. The van der Waals surface area contributed by atoms with Crippen molar-refractivity contribution in [2.75, 3.05) is 44.4 Å². The van der Waals surface area contributed by atoms with Crippen LogP contribution < -0.4 is 10.6 Å². The molecule has 5 nitrogen and oxygen atoms in total. The van der Waals surface area contributed by atoms with Gasteiger partial charge in [-0.25, -0.2) is 4.79 Å². The Morgan fingerprint density at radius 1 is 1.52 bits per heavy atom. The van der Waals surface area contributed by atoms with Gasteiger partial charge in [0.15, 0.2) is 0 Å². The van der Waals surface area contributed by atoms with Crippen molar-refractivity contribution in [2.45, 2.75) is 25.8 Å². The van der Waals surface area contributed by atoms with E-state index < -0.39 is 0 Å². The Labute approximate surface area is 126 Å². The highest BCUT2D eigenvalue weighted by Crippen LogP contribution is 2.27. The number of hydrogen-bond acceptors (Lipinski definition) is 5. The van der Waals surface area contributed by atoms with E-state index in [-0.39, 0.29) is 5.97 Å². The van der Waals surface area contributed by atoms with Crippen LogP contribution in [0.4, 0.5) is 11.4 Å². The predicted octanol–water partition coefficient (Wildman–Crippen LogP) is 1.98. The molecule has 116 valence electrons. The van der Waals surface area contributed by atoms with E-state index in [1.54, 1.807) is 19.1 Å². The van der Waals surface area contributed by atoms with E-state index in [2.05, 4.69) is 23.9 Å². The number of nitrogens with two attached hydrogens (primary N) is 1. The summed E-state index contributed by atoms with van der Waals surface area (Å²) in [6, 6.07) is 5.86. The third-order valence-corrected chi connectivity index (χ3v) is 4.07. The lowest BCUT2D eigenvalue weighted by Crippen LogP contribution is -2.45. The van der Waals surface area contributed by atoms with Crippen LogP contribution in [-0.4, -0.2) is 50.7 Å². The number of esters is 1. The zero-order valence-corrected chi connectivity index (χ0v) is 13.1. The fourth-order valence-corrected chi connectivity index (χ4v) is 2.87. The van der Waals surface area contributed by atoms with Gasteiger partial charge in [0.05, 0.1) is 23.5 Å². The lowest BCUT2D eigenvalue weighted by atomic mass is 10.0. The van der Waals surface area contributed by atoms with Crippen LogP contribution in [-0.2, 0) is 4.74 Å². The number of hydrogen-bond donors (Lipinski definition) is 1. The molecule has 1 aromatic rings. The standard InChI is InChI=1S/C16H25N3O2/c1-4-21-16(20)12-7-8-15(14(17)10-12)19(3)13-6-5-9-18(2)11-13/h7-8,10,13H,4-6,9,11,17H2,1-3H3. The van der Waals surface area contributed by atoms with Crippen LogP contribution in [0.2, 0.25) is 0 Å². The second kappa shape index (κ2) is 6.80. The number of carbonyl (C=O) groups is 1. The smallest absolute Gasteiger partial charge is 0.338 e. The van der Waals surface area contributed by atoms with Gasteiger partial charge < -0.3 is 20.3 Å². The van der Waals surface area contributed by atoms with Crippen molar-refractivity contribution < 1.29 is 9.53 Å². The Morgan fingerprint density at radius 2 is 2.29 bits per heavy atom. The van der Waals surface area contributed by atoms with Gasteiger partial charge in [0.25, 0.3) is 0 Å². The number of piperidine rings is 1. The number of rotatable bonds is 4. The van der Waals surface area contributed by atoms with Crippen LogP contribution in [0.5, 0.6) is 0 Å². The summed E-state index contributed by atoms with van der Waals surface area (Å²) in [5, 5.41) is 0. The van der Waals surface area contributed by atoms with Crippen LogP contribution in [0.1, 0.15) is 30.1 Å². The highest BCUT2D eigenvalue weighted by atomic mass is 16.5. The second-order valence-corrected chi connectivity index (χ2v) is 5.66. The van der Waals surface area contributed by atoms with E-state index in [0.717, 1.165) is 18.8 Å². The quantitative estimate of drug-likeness (QED) is 0.679. The van der Waals surface area contributed by atoms with Gasteiger partial charge in [0, 0.05) is 19.6 Å². The molecular weight excluding hydrogens is 266 g/mol. The third-order valence-electron chi connectivity index (χ3n) is 4.07. The van der Waals surface area contributed by atoms with E-state index in [1.165, 1.54) is 12.8 Å². The molecule has 2 N–H and O–H groups in total. The van der Waals surface area contributed by atoms with E-state index in [0.29, 0.717) is 23.9 Å². The van der Waals surface area contributed by atoms with E-state index in [4.69, 9.17) is 10.5 Å². The molecule has 1 atom stereocenters. The predicted molar refractivity (Wildman–Crippen MR) is 85.7 cm³/mol. The summed E-state index contributed by atoms with van der Waals surface area (Å²) in [6.45, 7) is 4.36. The number of likely N-dealkylation sites (N-methyl/N-ethyl adjacent to an activating group) is 2. The van der Waals surface area contributed by atoms with Crippen LogP contribution in [0.3, 0.4) is 0 Å². The molecule has 0 aliphatic carbocycles. The van der Waals surface area contributed by atoms with Gasteiger partial charge in [0.2, 0.25) is 0 Å². The van der Waals surface area contributed by atoms with Crippen molar-refractivity contribution in [2.24, 2.45) is 0 Å². The molecule has 21 heavy (non-hydrogen) atoms. The summed E-state index contributed by atoms with van der Waals surface area (Å²) in [5.41, 5.74) is 8.24. The van der Waals surface area contributed by atoms with Gasteiger partial charge in [-0.1, -0.05) is 0 Å². The molecule has 0 bridgehead atoms. The Bertz CT molecular complexity index is 504. The number of ether oxygens (including phenoxy) is 1. The Morgan fingerprint density at radius 3 is 2.90 bits per heavy atom. The van der Waals surface area contributed by atoms with E-state index in [9.17, 15) is 4.79 Å². The zero-order valence-electron chi connectivity index (χ0n) is 13.1. The number of anilines is 2. The van der Waals surface area contributed by atoms with Gasteiger partial charge in [0.1, 0.15) is 0 Å². The molecule has 0 spiro atoms. The maximum absolute atomic E-state index is 11.7. The monoisotopic (exact) mass is 291 g/mol. The molecule has 0 aromatic heterocycles. The molecule has 1 fully saturated rings. The van der Waals surface area contributed by atoms with Crippen LogP contribution in [0.15, 0.2) is 18.2 Å². The number of carbonyl (C=O) groups excluding carboxylic acids is 1. The first-order chi connectivity index (χ1) is 10.0. The van der Waals surface area contributed by atoms with Crippen LogP contribution in [0, 0.1) is 0 Å². The Balaban J connectivity index is 2.14. The van der Waals surface area contributed by atoms with Crippen molar-refractivity contribution in [1.29, 1.82) is 0 Å². The molecule has 5 heteroatoms. The van der Waals surface area contributed by atoms with Crippen LogP contribution in [0.25, 0.3) is 0 Å². The highest BCUT2D eigenvalue weighted by Gasteiger charge is 2.22. The lowest BCUT2D eigenvalue weighted by Gasteiger charge is -2.37. The molecule has 0 radical (unpaired) electrons. The normalized spacial score (nSPS) is 19.3. The summed E-state index contributed by atoms with van der Waals surface area (Å²) in [5.74, 6) is -0.323. The Hall–Kier alpha value is -1.75. The zero-order chi connectivity index (χ0) is 15.4. The van der Waals surface area contributed by atoms with Gasteiger partial charge in [-0.3, -0.25) is 0 Å². The fraction of sp³-hybridized carbons (Fsp3) is 0.562. The third kappa shape index (κ3) is 3.67. The minimum Gasteiger partial charge on any atom is -0.462 e. The molecule has 0 saturated carbocycles. The van der Waals surface area contributed by atoms with Crippen molar-refractivity contribution in [3.05, 3.63) is 23.8 Å². The summed E-state index contributed by atoms with van der Waals surface area (Å²) >= 11 is 0. The highest BCUT2D eigenvalue weighted by molar-refractivity contribution is 5.92. The first-order valence-electron chi connectivity index (χ1n) is 7.51. The maximum Gasteiger partial charge on any atom is 0.338 e. The minimum absolute atomic E-state index is 0.323. The summed E-state index contributed by atoms with van der Waals surface area (Å²) in [4.78, 5) is 16.3. The Kier molecular flexibility index (Phi) is 5.07. The van der Waals surface area contributed by atoms with Crippen LogP contribution >= 0.6 is 0 Å². The molecule has 1 aliphatic rings. The van der Waals surface area contributed by atoms with Crippen molar-refractivity contribution in [3.8, 4) is 0 Å². The molecule has 1 saturated heterocycles. The summed E-state index contributed by atoms with van der Waals surface area (Å²) < 4.78 is 5.00. The molecule has 1 aliphatic heterocycles. The van der Waals surface area contributed by atoms with Crippen molar-refractivity contribution >= 4 is 17.3 Å². The molecule has 1 unspecified atom stereocenters. The first-order valence-corrected chi connectivity index (χ1v) is 7.51. The van der Waals surface area contributed by atoms with E-state index in [1.807, 2.05) is 6.07 Å². The molecular formula is C16H25N3O2. The van der Waals surface area contributed by atoms with Gasteiger partial charge >= 0.3 is 5.97 Å². The van der Waals surface area contributed by atoms with Crippen molar-refractivity contribution in [1.82, 2.24) is 4.90 Å². The molecule has 1 aromatic carbocycles. The molecule has 0 amide bonds. The number of nitrogen functional groups attached to an aromatic ring is 1. The largest absolute Gasteiger partial charge is 0.462 e. The summed E-state index contributed by atoms with van der Waals surface area (Å²) in [6.07, 6.45) is 2.37. The van der Waals surface area contributed by atoms with E-state index >= 15 is 0 Å².